The fourth-order valence-electron chi connectivity index (χ4n) is 5.08. The van der Waals surface area contributed by atoms with Gasteiger partial charge in [0.05, 0.1) is 5.71 Å². The molecule has 0 aliphatic heterocycles. The fourth-order valence-corrected chi connectivity index (χ4v) is 5.08. The highest BCUT2D eigenvalue weighted by Crippen LogP contribution is 2.25. The number of benzene rings is 3. The molecular formula is C38H45N3O2. The molecule has 224 valence electrons. The van der Waals surface area contributed by atoms with Gasteiger partial charge in [-0.05, 0) is 74.5 Å². The Bertz CT molecular complexity index is 1490. The van der Waals surface area contributed by atoms with Gasteiger partial charge in [0.25, 0.3) is 0 Å². The number of nitrogens with one attached hydrogen (secondary N) is 1. The molecule has 1 unspecified atom stereocenters. The molecule has 0 heterocycles. The third kappa shape index (κ3) is 9.40. The monoisotopic (exact) mass is 575 g/mol. The zero-order valence-corrected chi connectivity index (χ0v) is 25.7. The van der Waals surface area contributed by atoms with E-state index in [1.807, 2.05) is 43.3 Å². The summed E-state index contributed by atoms with van der Waals surface area (Å²) in [6, 6.07) is 22.8. The molecule has 5 heteroatoms. The number of allylic oxidation sites excluding steroid dienone is 9. The van der Waals surface area contributed by atoms with Gasteiger partial charge >= 0.3 is 0 Å². The quantitative estimate of drug-likeness (QED) is 0.184. The van der Waals surface area contributed by atoms with Gasteiger partial charge in [-0.2, -0.15) is 0 Å². The third-order valence-corrected chi connectivity index (χ3v) is 7.39. The molecule has 0 fully saturated rings. The normalized spacial score (nSPS) is 16.0. The molecule has 4 rings (SSSR count). The number of rotatable bonds is 15. The number of fused-ring (bicyclic) bond motifs is 1. The van der Waals surface area contributed by atoms with Crippen molar-refractivity contribution in [2.24, 2.45) is 4.99 Å². The van der Waals surface area contributed by atoms with Crippen molar-refractivity contribution in [2.45, 2.75) is 33.3 Å². The molecule has 0 amide bonds. The molecule has 5 nitrogen and oxygen atoms in total. The minimum atomic E-state index is -0.588. The van der Waals surface area contributed by atoms with Crippen LogP contribution < -0.4 is 15.0 Å². The maximum Gasteiger partial charge on any atom is 0.127 e. The van der Waals surface area contributed by atoms with Crippen molar-refractivity contribution in [3.63, 3.8) is 0 Å². The third-order valence-electron chi connectivity index (χ3n) is 7.39. The molecule has 0 aromatic heterocycles. The van der Waals surface area contributed by atoms with E-state index in [1.165, 1.54) is 11.3 Å². The summed E-state index contributed by atoms with van der Waals surface area (Å²) in [7, 11) is 0. The predicted molar refractivity (Wildman–Crippen MR) is 184 cm³/mol. The maximum absolute atomic E-state index is 10.4. The summed E-state index contributed by atoms with van der Waals surface area (Å²) >= 11 is 0. The second-order valence-electron chi connectivity index (χ2n) is 10.5. The maximum atomic E-state index is 10.4. The average Bonchev–Trinajstić information content (AvgIpc) is 3.05. The Morgan fingerprint density at radius 3 is 2.51 bits per heavy atom. The molecule has 0 bridgehead atoms. The molecule has 1 aliphatic carbocycles. The van der Waals surface area contributed by atoms with E-state index in [0.717, 1.165) is 59.4 Å². The van der Waals surface area contributed by atoms with E-state index in [1.54, 1.807) is 0 Å². The summed E-state index contributed by atoms with van der Waals surface area (Å²) < 4.78 is 5.92. The van der Waals surface area contributed by atoms with Gasteiger partial charge in [0.1, 0.15) is 18.5 Å². The highest BCUT2D eigenvalue weighted by Gasteiger charge is 2.09. The van der Waals surface area contributed by atoms with Crippen LogP contribution in [0.1, 0.15) is 32.8 Å². The van der Waals surface area contributed by atoms with Crippen LogP contribution in [0.2, 0.25) is 0 Å². The summed E-state index contributed by atoms with van der Waals surface area (Å²) in [5.74, 6) is 0.798. The van der Waals surface area contributed by atoms with E-state index in [0.29, 0.717) is 13.1 Å². The van der Waals surface area contributed by atoms with Gasteiger partial charge in [-0.25, -0.2) is 0 Å². The lowest BCUT2D eigenvalue weighted by molar-refractivity contribution is 0.107. The topological polar surface area (TPSA) is 57.1 Å². The smallest absolute Gasteiger partial charge is 0.127 e. The van der Waals surface area contributed by atoms with Gasteiger partial charge in [-0.15, -0.1) is 0 Å². The van der Waals surface area contributed by atoms with Crippen molar-refractivity contribution in [1.29, 1.82) is 0 Å². The zero-order valence-electron chi connectivity index (χ0n) is 25.7. The molecular weight excluding hydrogens is 530 g/mol. The molecule has 0 saturated carbocycles. The number of hydrogen-bond acceptors (Lipinski definition) is 5. The Morgan fingerprint density at radius 2 is 1.72 bits per heavy atom. The number of aliphatic hydroxyl groups is 1. The van der Waals surface area contributed by atoms with Crippen LogP contribution in [-0.2, 0) is 0 Å². The molecule has 1 aliphatic rings. The van der Waals surface area contributed by atoms with Crippen molar-refractivity contribution < 1.29 is 9.84 Å². The summed E-state index contributed by atoms with van der Waals surface area (Å²) in [6.45, 7) is 10.6. The number of nitrogens with zero attached hydrogens (tertiary/aromatic N) is 2. The molecule has 3 aromatic carbocycles. The number of anilines is 1. The van der Waals surface area contributed by atoms with Crippen molar-refractivity contribution >= 4 is 28.2 Å². The van der Waals surface area contributed by atoms with Gasteiger partial charge in [-0.3, -0.25) is 4.99 Å². The van der Waals surface area contributed by atoms with Gasteiger partial charge in [0.2, 0.25) is 0 Å². The molecule has 0 spiro atoms. The van der Waals surface area contributed by atoms with Gasteiger partial charge in [0.15, 0.2) is 0 Å². The Balaban J connectivity index is 1.28. The number of ether oxygens (including phenoxy) is 1. The first-order chi connectivity index (χ1) is 21.1. The van der Waals surface area contributed by atoms with E-state index in [2.05, 4.69) is 103 Å². The molecule has 2 N–H and O–H groups in total. The van der Waals surface area contributed by atoms with Gasteiger partial charge in [-0.1, -0.05) is 91.1 Å². The van der Waals surface area contributed by atoms with E-state index in [9.17, 15) is 5.11 Å². The first kappa shape index (κ1) is 31.7. The minimum absolute atomic E-state index is 0.246. The van der Waals surface area contributed by atoms with Crippen LogP contribution in [0.25, 0.3) is 16.8 Å². The number of hydrogen-bond donors (Lipinski definition) is 2. The molecule has 0 saturated heterocycles. The van der Waals surface area contributed by atoms with E-state index < -0.39 is 6.10 Å². The Labute approximate surface area is 257 Å². The lowest BCUT2D eigenvalue weighted by atomic mass is 9.97. The Hall–Kier alpha value is -4.19. The van der Waals surface area contributed by atoms with Crippen LogP contribution in [0, 0.1) is 0 Å². The molecule has 0 radical (unpaired) electrons. The Kier molecular flexibility index (Phi) is 12.6. The van der Waals surface area contributed by atoms with E-state index >= 15 is 0 Å². The largest absolute Gasteiger partial charge is 0.490 e. The first-order valence-corrected chi connectivity index (χ1v) is 15.4. The SMILES string of the molecule is C\C=C/C(/C=C\c1ccc(N(CC)CC)cc1)=C1/C=CC=C/C1=N\CCCNCC(O)COc1cccc2ccccc12. The van der Waals surface area contributed by atoms with Crippen LogP contribution in [0.15, 0.2) is 125 Å². The summed E-state index contributed by atoms with van der Waals surface area (Å²) in [4.78, 5) is 7.26. The van der Waals surface area contributed by atoms with E-state index in [4.69, 9.17) is 9.73 Å². The molecule has 3 aromatic rings. The fraction of sp³-hybridized carbons (Fsp3) is 0.289. The second kappa shape index (κ2) is 17.1. The van der Waals surface area contributed by atoms with E-state index in [-0.39, 0.29) is 6.61 Å². The number of aliphatic imine (C=N–C) groups is 1. The second-order valence-corrected chi connectivity index (χ2v) is 10.5. The average molecular weight is 576 g/mol. The highest BCUT2D eigenvalue weighted by molar-refractivity contribution is 6.12. The highest BCUT2D eigenvalue weighted by atomic mass is 16.5. The van der Waals surface area contributed by atoms with Crippen LogP contribution in [0.4, 0.5) is 5.69 Å². The van der Waals surface area contributed by atoms with Gasteiger partial charge in [0, 0.05) is 42.8 Å². The Morgan fingerprint density at radius 1 is 0.953 bits per heavy atom. The first-order valence-electron chi connectivity index (χ1n) is 15.4. The van der Waals surface area contributed by atoms with Crippen LogP contribution in [0.3, 0.4) is 0 Å². The minimum Gasteiger partial charge on any atom is -0.490 e. The lowest BCUT2D eigenvalue weighted by Gasteiger charge is -2.20. The standard InChI is InChI=1S/C38H45N3O2/c1-4-13-31(23-20-30-21-24-33(25-22-30)41(5-2)6-3)35-16-9-10-18-37(35)40-27-12-26-39-28-34(42)29-43-38-19-11-15-32-14-7-8-17-36(32)38/h4,7-11,13-25,34,39,42H,5-6,12,26-29H2,1-3H3/b13-4-,23-20-,35-31+,40-37+. The van der Waals surface area contributed by atoms with Gasteiger partial charge < -0.3 is 20.1 Å². The van der Waals surface area contributed by atoms with Crippen molar-refractivity contribution in [3.8, 4) is 5.75 Å². The summed E-state index contributed by atoms with van der Waals surface area (Å²) in [5.41, 5.74) is 5.65. The lowest BCUT2D eigenvalue weighted by Crippen LogP contribution is -2.32. The summed E-state index contributed by atoms with van der Waals surface area (Å²) in [5, 5.41) is 16.0. The van der Waals surface area contributed by atoms with Crippen molar-refractivity contribution in [2.75, 3.05) is 44.2 Å². The zero-order chi connectivity index (χ0) is 30.3. The molecule has 1 atom stereocenters. The van der Waals surface area contributed by atoms with Crippen molar-refractivity contribution in [3.05, 3.63) is 126 Å². The molecule has 43 heavy (non-hydrogen) atoms. The van der Waals surface area contributed by atoms with Crippen molar-refractivity contribution in [1.82, 2.24) is 5.32 Å². The predicted octanol–water partition coefficient (Wildman–Crippen LogP) is 7.56. The number of aliphatic hydroxyl groups excluding tert-OH is 1. The van der Waals surface area contributed by atoms with Crippen LogP contribution in [0.5, 0.6) is 5.75 Å². The summed E-state index contributed by atoms with van der Waals surface area (Å²) in [6.07, 6.45) is 17.1. The van der Waals surface area contributed by atoms with Crippen LogP contribution in [-0.4, -0.2) is 56.3 Å². The van der Waals surface area contributed by atoms with Crippen LogP contribution >= 0.6 is 0 Å².